The topological polar surface area (TPSA) is 83.8 Å². The minimum absolute atomic E-state index is 0.111. The van der Waals surface area contributed by atoms with Crippen LogP contribution in [0.25, 0.3) is 21.1 Å². The van der Waals surface area contributed by atoms with Gasteiger partial charge >= 0.3 is 0 Å². The van der Waals surface area contributed by atoms with E-state index >= 15 is 0 Å². The number of aromatic nitrogens is 2. The molecule has 148 valence electrons. The average molecular weight is 405 g/mol. The maximum atomic E-state index is 12.8. The van der Waals surface area contributed by atoms with E-state index in [4.69, 9.17) is 10.7 Å². The number of carbonyl (C=O) groups excluding carboxylic acids is 1. The fraction of sp³-hybridized carbons (Fsp3) is 0.304. The molecule has 3 aromatic heterocycles. The lowest BCUT2D eigenvalue weighted by atomic mass is 10.1. The van der Waals surface area contributed by atoms with Crippen LogP contribution < -0.4 is 11.1 Å². The van der Waals surface area contributed by atoms with Crippen LogP contribution in [0.2, 0.25) is 0 Å². The summed E-state index contributed by atoms with van der Waals surface area (Å²) in [6.45, 7) is 0.568. The molecular formula is C23H24N4OS. The average Bonchev–Trinajstić information content (AvgIpc) is 3.19. The SMILES string of the molecule is Nc1c(C(=O)NCCc2c[nH]c3ccccc23)sc2nc3c(cc12)CCCCC3. The Balaban J connectivity index is 1.33. The second-order valence-electron chi connectivity index (χ2n) is 7.72. The second kappa shape index (κ2) is 7.52. The summed E-state index contributed by atoms with van der Waals surface area (Å²) in [4.78, 5) is 22.4. The molecule has 0 aliphatic heterocycles. The van der Waals surface area contributed by atoms with Gasteiger partial charge in [0.15, 0.2) is 0 Å². The summed E-state index contributed by atoms with van der Waals surface area (Å²) in [6, 6.07) is 10.4. The van der Waals surface area contributed by atoms with E-state index < -0.39 is 0 Å². The van der Waals surface area contributed by atoms with E-state index in [1.165, 1.54) is 52.8 Å². The molecule has 0 unspecified atom stereocenters. The highest BCUT2D eigenvalue weighted by Gasteiger charge is 2.20. The standard InChI is InChI=1S/C23H24N4OS/c24-20-17-12-14-6-2-1-3-8-18(14)27-23(17)29-21(20)22(28)25-11-10-15-13-26-19-9-5-4-7-16(15)19/h4-5,7,9,12-13,26H,1-3,6,8,10-11,24H2,(H,25,28). The number of aromatic amines is 1. The first kappa shape index (κ1) is 18.2. The van der Waals surface area contributed by atoms with Gasteiger partial charge in [-0.1, -0.05) is 24.6 Å². The van der Waals surface area contributed by atoms with Crippen molar-refractivity contribution < 1.29 is 4.79 Å². The van der Waals surface area contributed by atoms with Gasteiger partial charge in [-0.2, -0.15) is 0 Å². The number of H-pyrrole nitrogens is 1. The number of nitrogen functional groups attached to an aromatic ring is 1. The van der Waals surface area contributed by atoms with E-state index in [0.29, 0.717) is 17.1 Å². The predicted molar refractivity (Wildman–Crippen MR) is 120 cm³/mol. The molecular weight excluding hydrogens is 380 g/mol. The number of thiophene rings is 1. The van der Waals surface area contributed by atoms with Crippen molar-refractivity contribution in [1.82, 2.24) is 15.3 Å². The van der Waals surface area contributed by atoms with Gasteiger partial charge in [-0.15, -0.1) is 11.3 Å². The normalized spacial score (nSPS) is 14.1. The monoisotopic (exact) mass is 404 g/mol. The van der Waals surface area contributed by atoms with Crippen molar-refractivity contribution in [3.63, 3.8) is 0 Å². The number of nitrogens with zero attached hydrogens (tertiary/aromatic N) is 1. The number of aryl methyl sites for hydroxylation is 2. The van der Waals surface area contributed by atoms with Crippen LogP contribution in [0.5, 0.6) is 0 Å². The number of hydrogen-bond donors (Lipinski definition) is 3. The number of amides is 1. The van der Waals surface area contributed by atoms with Crippen molar-refractivity contribution in [2.24, 2.45) is 0 Å². The van der Waals surface area contributed by atoms with Crippen LogP contribution in [0.1, 0.15) is 45.8 Å². The molecule has 0 spiro atoms. The molecule has 0 bridgehead atoms. The lowest BCUT2D eigenvalue weighted by Gasteiger charge is -2.05. The van der Waals surface area contributed by atoms with Crippen LogP contribution in [0.4, 0.5) is 5.69 Å². The number of carbonyl (C=O) groups is 1. The van der Waals surface area contributed by atoms with Gasteiger partial charge in [-0.05, 0) is 55.4 Å². The second-order valence-corrected chi connectivity index (χ2v) is 8.72. The molecule has 1 amide bonds. The summed E-state index contributed by atoms with van der Waals surface area (Å²) in [5, 5.41) is 5.16. The Kier molecular flexibility index (Phi) is 4.72. The van der Waals surface area contributed by atoms with Gasteiger partial charge in [-0.25, -0.2) is 4.98 Å². The molecule has 5 rings (SSSR count). The van der Waals surface area contributed by atoms with Gasteiger partial charge in [0.1, 0.15) is 9.71 Å². The Labute approximate surface area is 173 Å². The molecule has 29 heavy (non-hydrogen) atoms. The molecule has 0 atom stereocenters. The van der Waals surface area contributed by atoms with E-state index in [-0.39, 0.29) is 5.91 Å². The zero-order valence-electron chi connectivity index (χ0n) is 16.3. The maximum absolute atomic E-state index is 12.8. The Morgan fingerprint density at radius 2 is 2.03 bits per heavy atom. The predicted octanol–water partition coefficient (Wildman–Crippen LogP) is 4.60. The number of nitrogens with two attached hydrogens (primary N) is 1. The fourth-order valence-corrected chi connectivity index (χ4v) is 5.25. The fourth-order valence-electron chi connectivity index (χ4n) is 4.23. The summed E-state index contributed by atoms with van der Waals surface area (Å²) in [5.41, 5.74) is 11.7. The molecule has 5 nitrogen and oxygen atoms in total. The molecule has 6 heteroatoms. The highest BCUT2D eigenvalue weighted by Crippen LogP contribution is 2.35. The summed E-state index contributed by atoms with van der Waals surface area (Å²) < 4.78 is 0. The molecule has 4 N–H and O–H groups in total. The quantitative estimate of drug-likeness (QED) is 0.435. The molecule has 0 saturated heterocycles. The minimum Gasteiger partial charge on any atom is -0.397 e. The molecule has 3 heterocycles. The number of anilines is 1. The Bertz CT molecular complexity index is 1210. The van der Waals surface area contributed by atoms with Crippen LogP contribution in [-0.2, 0) is 19.3 Å². The number of hydrogen-bond acceptors (Lipinski definition) is 4. The summed E-state index contributed by atoms with van der Waals surface area (Å²) >= 11 is 1.41. The first-order valence-electron chi connectivity index (χ1n) is 10.2. The first-order valence-corrected chi connectivity index (χ1v) is 11.1. The number of pyridine rings is 1. The van der Waals surface area contributed by atoms with Gasteiger partial charge in [0.05, 0.1) is 5.69 Å². The van der Waals surface area contributed by atoms with Crippen molar-refractivity contribution in [2.75, 3.05) is 12.3 Å². The smallest absolute Gasteiger partial charge is 0.263 e. The third-order valence-corrected chi connectivity index (χ3v) is 6.92. The molecule has 0 fully saturated rings. The van der Waals surface area contributed by atoms with Gasteiger partial charge in [0.2, 0.25) is 0 Å². The van der Waals surface area contributed by atoms with Crippen LogP contribution >= 0.6 is 11.3 Å². The van der Waals surface area contributed by atoms with Crippen LogP contribution in [0, 0.1) is 0 Å². The van der Waals surface area contributed by atoms with Crippen molar-refractivity contribution >= 4 is 44.1 Å². The van der Waals surface area contributed by atoms with E-state index in [9.17, 15) is 4.79 Å². The number of rotatable bonds is 4. The van der Waals surface area contributed by atoms with Crippen molar-refractivity contribution in [1.29, 1.82) is 0 Å². The van der Waals surface area contributed by atoms with E-state index in [1.807, 2.05) is 18.3 Å². The van der Waals surface area contributed by atoms with Crippen molar-refractivity contribution in [3.8, 4) is 0 Å². The number of fused-ring (bicyclic) bond motifs is 3. The summed E-state index contributed by atoms with van der Waals surface area (Å²) in [7, 11) is 0. The summed E-state index contributed by atoms with van der Waals surface area (Å²) in [5.74, 6) is -0.111. The van der Waals surface area contributed by atoms with Crippen molar-refractivity contribution in [2.45, 2.75) is 38.5 Å². The minimum atomic E-state index is -0.111. The Morgan fingerprint density at radius 1 is 1.17 bits per heavy atom. The highest BCUT2D eigenvalue weighted by atomic mass is 32.1. The maximum Gasteiger partial charge on any atom is 0.263 e. The van der Waals surface area contributed by atoms with Gasteiger partial charge in [-0.3, -0.25) is 4.79 Å². The molecule has 1 aliphatic rings. The van der Waals surface area contributed by atoms with E-state index in [1.54, 1.807) is 0 Å². The molecule has 0 radical (unpaired) electrons. The van der Waals surface area contributed by atoms with Gasteiger partial charge in [0.25, 0.3) is 5.91 Å². The number of nitrogens with one attached hydrogen (secondary N) is 2. The molecule has 0 saturated carbocycles. The van der Waals surface area contributed by atoms with Crippen LogP contribution in [-0.4, -0.2) is 22.4 Å². The molecule has 1 aromatic carbocycles. The lowest BCUT2D eigenvalue weighted by molar-refractivity contribution is 0.0959. The highest BCUT2D eigenvalue weighted by molar-refractivity contribution is 7.21. The lowest BCUT2D eigenvalue weighted by Crippen LogP contribution is -2.25. The first-order chi connectivity index (χ1) is 14.2. The van der Waals surface area contributed by atoms with E-state index in [0.717, 1.165) is 35.0 Å². The zero-order valence-corrected chi connectivity index (χ0v) is 17.1. The zero-order chi connectivity index (χ0) is 19.8. The van der Waals surface area contributed by atoms with Crippen molar-refractivity contribution in [3.05, 3.63) is 58.2 Å². The largest absolute Gasteiger partial charge is 0.397 e. The molecule has 4 aromatic rings. The molecule has 1 aliphatic carbocycles. The number of benzene rings is 1. The Hall–Kier alpha value is -2.86. The number of para-hydroxylation sites is 1. The Morgan fingerprint density at radius 3 is 2.97 bits per heavy atom. The van der Waals surface area contributed by atoms with Gasteiger partial charge in [0, 0.05) is 34.7 Å². The third kappa shape index (κ3) is 3.38. The van der Waals surface area contributed by atoms with E-state index in [2.05, 4.69) is 28.5 Å². The van der Waals surface area contributed by atoms with Gasteiger partial charge < -0.3 is 16.0 Å². The van der Waals surface area contributed by atoms with Crippen LogP contribution in [0.3, 0.4) is 0 Å². The van der Waals surface area contributed by atoms with Crippen LogP contribution in [0.15, 0.2) is 36.5 Å². The summed E-state index contributed by atoms with van der Waals surface area (Å²) in [6.07, 6.45) is 8.51. The third-order valence-electron chi connectivity index (χ3n) is 5.81.